The van der Waals surface area contributed by atoms with E-state index in [4.69, 9.17) is 0 Å². The summed E-state index contributed by atoms with van der Waals surface area (Å²) in [7, 11) is 0. The van der Waals surface area contributed by atoms with Crippen LogP contribution >= 0.6 is 11.3 Å². The van der Waals surface area contributed by atoms with Crippen LogP contribution in [0.4, 0.5) is 5.69 Å². The van der Waals surface area contributed by atoms with Crippen LogP contribution in [-0.4, -0.2) is 21.1 Å². The van der Waals surface area contributed by atoms with Gasteiger partial charge in [0.15, 0.2) is 11.5 Å². The van der Waals surface area contributed by atoms with Crippen LogP contribution in [0.5, 0.6) is 11.5 Å². The summed E-state index contributed by atoms with van der Waals surface area (Å²) in [6.45, 7) is 1.95. The van der Waals surface area contributed by atoms with Crippen molar-refractivity contribution in [2.75, 3.05) is 0 Å². The molecule has 5 nitrogen and oxygen atoms in total. The minimum absolute atomic E-state index is 0.152. The summed E-state index contributed by atoms with van der Waals surface area (Å²) in [5, 5.41) is 25.3. The first kappa shape index (κ1) is 15.1. The van der Waals surface area contributed by atoms with Crippen molar-refractivity contribution >= 4 is 23.2 Å². The number of aromatic hydroxyl groups is 2. The molecule has 3 rings (SSSR count). The molecule has 0 aliphatic carbocycles. The quantitative estimate of drug-likeness (QED) is 0.572. The molecule has 1 heterocycles. The molecule has 0 amide bonds. The number of aromatic nitrogens is 1. The summed E-state index contributed by atoms with van der Waals surface area (Å²) < 4.78 is 1.74. The number of hydrogen-bond donors (Lipinski definition) is 2. The number of thiazole rings is 1. The topological polar surface area (TPSA) is 70.1 Å². The highest BCUT2D eigenvalue weighted by Gasteiger charge is 2.01. The van der Waals surface area contributed by atoms with Gasteiger partial charge in [-0.05, 0) is 42.8 Å². The predicted molar refractivity (Wildman–Crippen MR) is 91.5 cm³/mol. The molecule has 6 heteroatoms. The van der Waals surface area contributed by atoms with Crippen molar-refractivity contribution in [2.24, 2.45) is 10.1 Å². The molecule has 0 bridgehead atoms. The van der Waals surface area contributed by atoms with Gasteiger partial charge in [0.25, 0.3) is 0 Å². The Bertz CT molecular complexity index is 911. The average Bonchev–Trinajstić information content (AvgIpc) is 2.90. The van der Waals surface area contributed by atoms with E-state index < -0.39 is 0 Å². The fourth-order valence-electron chi connectivity index (χ4n) is 1.96. The third-order valence-electron chi connectivity index (χ3n) is 3.15. The predicted octanol–water partition coefficient (Wildman–Crippen LogP) is 3.38. The molecule has 0 spiro atoms. The summed E-state index contributed by atoms with van der Waals surface area (Å²) in [6, 6.07) is 14.2. The number of benzene rings is 2. The smallest absolute Gasteiger partial charge is 0.211 e. The highest BCUT2D eigenvalue weighted by atomic mass is 32.1. The molecule has 0 fully saturated rings. The van der Waals surface area contributed by atoms with Gasteiger partial charge in [-0.1, -0.05) is 18.2 Å². The molecule has 0 radical (unpaired) electrons. The summed E-state index contributed by atoms with van der Waals surface area (Å²) >= 11 is 1.50. The van der Waals surface area contributed by atoms with Crippen LogP contribution in [-0.2, 0) is 0 Å². The van der Waals surface area contributed by atoms with Crippen LogP contribution < -0.4 is 4.80 Å². The largest absolute Gasteiger partial charge is 0.504 e. The van der Waals surface area contributed by atoms with Crippen LogP contribution in [0.1, 0.15) is 11.3 Å². The maximum atomic E-state index is 9.53. The zero-order chi connectivity index (χ0) is 16.2. The standard InChI is InChI=1S/C17H15N3O2S/c1-12-11-23-17(19-14-5-3-2-4-6-14)20(12)18-10-13-7-8-15(21)16(22)9-13/h2-11,21-22H,1H3. The number of nitrogens with zero attached hydrogens (tertiary/aromatic N) is 3. The fraction of sp³-hybridized carbons (Fsp3) is 0.0588. The molecule has 2 N–H and O–H groups in total. The van der Waals surface area contributed by atoms with Gasteiger partial charge in [0.2, 0.25) is 4.80 Å². The van der Waals surface area contributed by atoms with Crippen molar-refractivity contribution in [3.63, 3.8) is 0 Å². The maximum absolute atomic E-state index is 9.53. The number of rotatable bonds is 3. The fourth-order valence-corrected chi connectivity index (χ4v) is 2.79. The Kier molecular flexibility index (Phi) is 4.25. The van der Waals surface area contributed by atoms with E-state index in [0.717, 1.165) is 16.2 Å². The van der Waals surface area contributed by atoms with Crippen molar-refractivity contribution in [3.8, 4) is 11.5 Å². The minimum Gasteiger partial charge on any atom is -0.504 e. The van der Waals surface area contributed by atoms with E-state index >= 15 is 0 Å². The normalized spacial score (nSPS) is 12.1. The van der Waals surface area contributed by atoms with E-state index in [0.29, 0.717) is 5.56 Å². The van der Waals surface area contributed by atoms with Crippen LogP contribution in [0.2, 0.25) is 0 Å². The van der Waals surface area contributed by atoms with E-state index in [2.05, 4.69) is 10.1 Å². The first-order chi connectivity index (χ1) is 11.1. The van der Waals surface area contributed by atoms with Crippen LogP contribution in [0.3, 0.4) is 0 Å². The lowest BCUT2D eigenvalue weighted by molar-refractivity contribution is 0.403. The first-order valence-electron chi connectivity index (χ1n) is 6.97. The van der Waals surface area contributed by atoms with E-state index in [9.17, 15) is 10.2 Å². The SMILES string of the molecule is Cc1csc(=Nc2ccccc2)n1N=Cc1ccc(O)c(O)c1. The maximum Gasteiger partial charge on any atom is 0.211 e. The number of hydrogen-bond acceptors (Lipinski definition) is 5. The summed E-state index contributed by atoms with van der Waals surface area (Å²) in [6.07, 6.45) is 1.61. The first-order valence-corrected chi connectivity index (χ1v) is 7.85. The van der Waals surface area contributed by atoms with Gasteiger partial charge in [-0.2, -0.15) is 5.10 Å². The Morgan fingerprint density at radius 2 is 1.83 bits per heavy atom. The van der Waals surface area contributed by atoms with Gasteiger partial charge in [0.05, 0.1) is 17.6 Å². The van der Waals surface area contributed by atoms with Gasteiger partial charge in [0, 0.05) is 5.38 Å². The molecular formula is C17H15N3O2S. The van der Waals surface area contributed by atoms with Crippen LogP contribution in [0.15, 0.2) is 64.0 Å². The summed E-state index contributed by atoms with van der Waals surface area (Å²) in [5.74, 6) is -0.323. The Morgan fingerprint density at radius 3 is 2.57 bits per heavy atom. The van der Waals surface area contributed by atoms with E-state index in [-0.39, 0.29) is 11.5 Å². The molecule has 0 aliphatic heterocycles. The van der Waals surface area contributed by atoms with Crippen LogP contribution in [0, 0.1) is 6.92 Å². The summed E-state index contributed by atoms with van der Waals surface area (Å²) in [4.78, 5) is 5.34. The van der Waals surface area contributed by atoms with E-state index in [1.165, 1.54) is 23.5 Å². The van der Waals surface area contributed by atoms with E-state index in [1.807, 2.05) is 42.6 Å². The van der Waals surface area contributed by atoms with Gasteiger partial charge in [-0.15, -0.1) is 11.3 Å². The molecule has 3 aromatic rings. The zero-order valence-electron chi connectivity index (χ0n) is 12.4. The van der Waals surface area contributed by atoms with Crippen molar-refractivity contribution in [1.82, 2.24) is 4.68 Å². The number of para-hydroxylation sites is 1. The molecule has 23 heavy (non-hydrogen) atoms. The van der Waals surface area contributed by atoms with Gasteiger partial charge in [-0.3, -0.25) is 0 Å². The van der Waals surface area contributed by atoms with E-state index in [1.54, 1.807) is 17.0 Å². The van der Waals surface area contributed by atoms with Gasteiger partial charge < -0.3 is 10.2 Å². The lowest BCUT2D eigenvalue weighted by atomic mass is 10.2. The molecular weight excluding hydrogens is 310 g/mol. The van der Waals surface area contributed by atoms with Gasteiger partial charge in [0.1, 0.15) is 0 Å². The second kappa shape index (κ2) is 6.50. The molecule has 0 atom stereocenters. The molecule has 0 saturated heterocycles. The molecule has 1 aromatic heterocycles. The highest BCUT2D eigenvalue weighted by molar-refractivity contribution is 7.07. The third-order valence-corrected chi connectivity index (χ3v) is 4.09. The monoisotopic (exact) mass is 325 g/mol. The van der Waals surface area contributed by atoms with Crippen molar-refractivity contribution in [3.05, 3.63) is 70.0 Å². The summed E-state index contributed by atoms with van der Waals surface area (Å²) in [5.41, 5.74) is 2.51. The van der Waals surface area contributed by atoms with Crippen LogP contribution in [0.25, 0.3) is 0 Å². The van der Waals surface area contributed by atoms with Gasteiger partial charge in [-0.25, -0.2) is 9.67 Å². The Balaban J connectivity index is 1.97. The van der Waals surface area contributed by atoms with Crippen molar-refractivity contribution in [1.29, 1.82) is 0 Å². The number of phenolic OH excluding ortho intramolecular Hbond substituents is 2. The Hall–Kier alpha value is -2.86. The van der Waals surface area contributed by atoms with Gasteiger partial charge >= 0.3 is 0 Å². The second-order valence-corrected chi connectivity index (χ2v) is 5.75. The highest BCUT2D eigenvalue weighted by Crippen LogP contribution is 2.24. The Labute approximate surface area is 137 Å². The third kappa shape index (κ3) is 3.49. The Morgan fingerprint density at radius 1 is 1.04 bits per heavy atom. The molecule has 2 aromatic carbocycles. The zero-order valence-corrected chi connectivity index (χ0v) is 13.2. The molecule has 0 aliphatic rings. The molecule has 116 valence electrons. The number of phenols is 2. The lowest BCUT2D eigenvalue weighted by Crippen LogP contribution is -2.11. The minimum atomic E-state index is -0.171. The van der Waals surface area contributed by atoms with Crippen molar-refractivity contribution in [2.45, 2.75) is 6.92 Å². The average molecular weight is 325 g/mol. The lowest BCUT2D eigenvalue weighted by Gasteiger charge is -2.00. The van der Waals surface area contributed by atoms with Crippen molar-refractivity contribution < 1.29 is 10.2 Å². The molecule has 0 saturated carbocycles. The second-order valence-electron chi connectivity index (χ2n) is 4.91. The number of aryl methyl sites for hydroxylation is 1. The molecule has 0 unspecified atom stereocenters.